The van der Waals surface area contributed by atoms with E-state index in [9.17, 15) is 4.39 Å². The highest BCUT2D eigenvalue weighted by Gasteiger charge is 2.42. The van der Waals surface area contributed by atoms with E-state index in [0.29, 0.717) is 25.3 Å². The second-order valence-corrected chi connectivity index (χ2v) is 6.71. The van der Waals surface area contributed by atoms with Crippen molar-refractivity contribution in [2.45, 2.75) is 24.9 Å². The van der Waals surface area contributed by atoms with Crippen molar-refractivity contribution in [1.29, 1.82) is 0 Å². The molecule has 1 N–H and O–H groups in total. The molecule has 1 aliphatic heterocycles. The summed E-state index contributed by atoms with van der Waals surface area (Å²) in [5, 5.41) is 3.33. The Morgan fingerprint density at radius 3 is 2.82 bits per heavy atom. The third kappa shape index (κ3) is 5.11. The normalized spacial score (nSPS) is 20.0. The number of hydrogen-bond donors (Lipinski definition) is 1. The molecule has 0 saturated heterocycles. The summed E-state index contributed by atoms with van der Waals surface area (Å²) in [6.07, 6.45) is 7.44. The number of rotatable bonds is 11. The number of methoxy groups -OCH3 is 3. The monoisotopic (exact) mass is 392 g/mol. The minimum atomic E-state index is -0.622. The highest BCUT2D eigenvalue weighted by atomic mass is 19.1. The van der Waals surface area contributed by atoms with Crippen LogP contribution in [0.25, 0.3) is 0 Å². The predicted octanol–water partition coefficient (Wildman–Crippen LogP) is 3.76. The van der Waals surface area contributed by atoms with Gasteiger partial charge in [0, 0.05) is 31.7 Å². The Morgan fingerprint density at radius 1 is 1.39 bits per heavy atom. The zero-order valence-corrected chi connectivity index (χ0v) is 17.0. The van der Waals surface area contributed by atoms with Crippen molar-refractivity contribution in [3.05, 3.63) is 54.2 Å². The molecular weight excluding hydrogens is 363 g/mol. The summed E-state index contributed by atoms with van der Waals surface area (Å²) < 4.78 is 34.8. The molecule has 6 nitrogen and oxygen atoms in total. The van der Waals surface area contributed by atoms with Crippen molar-refractivity contribution in [1.82, 2.24) is 4.98 Å². The fourth-order valence-electron chi connectivity index (χ4n) is 3.21. The van der Waals surface area contributed by atoms with E-state index in [1.165, 1.54) is 0 Å². The smallest absolute Gasteiger partial charge is 0.157 e. The first kappa shape index (κ1) is 21.9. The summed E-state index contributed by atoms with van der Waals surface area (Å²) in [4.78, 5) is 4.42. The maximum absolute atomic E-state index is 13.5. The quantitative estimate of drug-likeness (QED) is 0.351. The van der Waals surface area contributed by atoms with Gasteiger partial charge in [-0.15, -0.1) is 0 Å². The summed E-state index contributed by atoms with van der Waals surface area (Å²) in [6.45, 7) is 6.77. The van der Waals surface area contributed by atoms with Crippen LogP contribution in [0.1, 0.15) is 18.9 Å². The van der Waals surface area contributed by atoms with Crippen molar-refractivity contribution >= 4 is 5.82 Å². The lowest BCUT2D eigenvalue weighted by Crippen LogP contribution is -2.39. The molecule has 0 aromatic carbocycles. The van der Waals surface area contributed by atoms with Gasteiger partial charge in [0.2, 0.25) is 0 Å². The molecule has 2 unspecified atom stereocenters. The van der Waals surface area contributed by atoms with Crippen LogP contribution in [0.2, 0.25) is 0 Å². The second-order valence-electron chi connectivity index (χ2n) is 6.71. The van der Waals surface area contributed by atoms with Crippen LogP contribution in [-0.2, 0) is 19.6 Å². The van der Waals surface area contributed by atoms with Gasteiger partial charge in [-0.3, -0.25) is 0 Å². The summed E-state index contributed by atoms with van der Waals surface area (Å²) in [5.41, 5.74) is 0.782. The topological polar surface area (TPSA) is 61.8 Å². The number of ether oxygens (including phenoxy) is 4. The van der Waals surface area contributed by atoms with Crippen molar-refractivity contribution < 1.29 is 23.3 Å². The summed E-state index contributed by atoms with van der Waals surface area (Å²) in [7, 11) is 4.87. The lowest BCUT2D eigenvalue weighted by molar-refractivity contribution is 0.0485. The molecule has 28 heavy (non-hydrogen) atoms. The largest absolute Gasteiger partial charge is 0.495 e. The minimum absolute atomic E-state index is 0.0929. The van der Waals surface area contributed by atoms with Gasteiger partial charge >= 0.3 is 0 Å². The summed E-state index contributed by atoms with van der Waals surface area (Å²) in [5.74, 6) is 1.02. The highest BCUT2D eigenvalue weighted by Crippen LogP contribution is 2.41. The maximum Gasteiger partial charge on any atom is 0.157 e. The zero-order chi connectivity index (χ0) is 20.6. The van der Waals surface area contributed by atoms with Gasteiger partial charge in [0.05, 0.1) is 26.0 Å². The van der Waals surface area contributed by atoms with Gasteiger partial charge in [0.15, 0.2) is 11.6 Å². The standard InChI is InChI=1S/C21H29FN2O4/c1-15(22)18(28-11-10-25-3)8-6-7-9-19(27-5)21(2)14-24-20-17(21)12-16(26-4)13-23-20/h6-8,12-13,19H,1,9-11,14H2,2-5H3,(H,23,24)/b7-6-,18-8+. The van der Waals surface area contributed by atoms with Crippen LogP contribution in [0.15, 0.2) is 48.7 Å². The average Bonchev–Trinajstić information content (AvgIpc) is 3.03. The molecule has 1 aromatic heterocycles. The maximum atomic E-state index is 13.5. The van der Waals surface area contributed by atoms with Gasteiger partial charge in [0.1, 0.15) is 18.2 Å². The summed E-state index contributed by atoms with van der Waals surface area (Å²) >= 11 is 0. The number of nitrogens with zero attached hydrogens (tertiary/aromatic N) is 1. The molecule has 1 aromatic rings. The van der Waals surface area contributed by atoms with E-state index in [2.05, 4.69) is 23.8 Å². The number of halogens is 1. The Labute approximate surface area is 166 Å². The Hall–Kier alpha value is -2.38. The molecule has 7 heteroatoms. The second kappa shape index (κ2) is 10.2. The first-order valence-electron chi connectivity index (χ1n) is 9.10. The molecular formula is C21H29FN2O4. The van der Waals surface area contributed by atoms with Gasteiger partial charge in [0.25, 0.3) is 0 Å². The van der Waals surface area contributed by atoms with E-state index < -0.39 is 5.83 Å². The van der Waals surface area contributed by atoms with E-state index >= 15 is 0 Å². The van der Waals surface area contributed by atoms with Crippen LogP contribution in [0, 0.1) is 0 Å². The Bertz CT molecular complexity index is 735. The van der Waals surface area contributed by atoms with Gasteiger partial charge in [-0.1, -0.05) is 25.7 Å². The molecule has 0 saturated carbocycles. The van der Waals surface area contributed by atoms with E-state index in [-0.39, 0.29) is 23.9 Å². The fraction of sp³-hybridized carbons (Fsp3) is 0.476. The Kier molecular flexibility index (Phi) is 8.02. The lowest BCUT2D eigenvalue weighted by Gasteiger charge is -2.32. The predicted molar refractivity (Wildman–Crippen MR) is 107 cm³/mol. The van der Waals surface area contributed by atoms with E-state index in [0.717, 1.165) is 11.4 Å². The molecule has 2 heterocycles. The molecule has 154 valence electrons. The number of hydrogen-bond acceptors (Lipinski definition) is 6. The first-order chi connectivity index (χ1) is 13.5. The summed E-state index contributed by atoms with van der Waals surface area (Å²) in [6, 6.07) is 1.99. The molecule has 0 spiro atoms. The molecule has 2 rings (SSSR count). The van der Waals surface area contributed by atoms with Gasteiger partial charge in [-0.2, -0.15) is 0 Å². The van der Waals surface area contributed by atoms with Crippen LogP contribution in [-0.4, -0.2) is 52.2 Å². The molecule has 0 aliphatic carbocycles. The van der Waals surface area contributed by atoms with Gasteiger partial charge in [-0.25, -0.2) is 9.37 Å². The van der Waals surface area contributed by atoms with Crippen LogP contribution in [0.4, 0.5) is 10.2 Å². The van der Waals surface area contributed by atoms with Crippen molar-refractivity contribution in [3.8, 4) is 5.75 Å². The number of aromatic nitrogens is 1. The third-order valence-electron chi connectivity index (χ3n) is 4.88. The molecule has 0 bridgehead atoms. The van der Waals surface area contributed by atoms with Gasteiger partial charge in [-0.05, 0) is 18.6 Å². The third-order valence-corrected chi connectivity index (χ3v) is 4.88. The molecule has 2 atom stereocenters. The highest BCUT2D eigenvalue weighted by molar-refractivity contribution is 5.57. The number of allylic oxidation sites excluding steroid dienone is 3. The Balaban J connectivity index is 2.09. The van der Waals surface area contributed by atoms with Crippen molar-refractivity contribution in [3.63, 3.8) is 0 Å². The minimum Gasteiger partial charge on any atom is -0.495 e. The average molecular weight is 392 g/mol. The van der Waals surface area contributed by atoms with Crippen molar-refractivity contribution in [2.75, 3.05) is 46.4 Å². The van der Waals surface area contributed by atoms with E-state index in [4.69, 9.17) is 18.9 Å². The van der Waals surface area contributed by atoms with Crippen LogP contribution < -0.4 is 10.1 Å². The van der Waals surface area contributed by atoms with Gasteiger partial charge < -0.3 is 24.3 Å². The number of anilines is 1. The Morgan fingerprint density at radius 2 is 2.18 bits per heavy atom. The van der Waals surface area contributed by atoms with Crippen molar-refractivity contribution in [2.24, 2.45) is 0 Å². The van der Waals surface area contributed by atoms with E-state index in [1.807, 2.05) is 12.1 Å². The number of pyridine rings is 1. The first-order valence-corrected chi connectivity index (χ1v) is 9.10. The molecule has 0 fully saturated rings. The van der Waals surface area contributed by atoms with Crippen LogP contribution in [0.3, 0.4) is 0 Å². The fourth-order valence-corrected chi connectivity index (χ4v) is 3.21. The number of nitrogens with one attached hydrogen (secondary N) is 1. The molecule has 1 aliphatic rings. The zero-order valence-electron chi connectivity index (χ0n) is 17.0. The lowest BCUT2D eigenvalue weighted by atomic mass is 9.78. The molecule has 0 amide bonds. The van der Waals surface area contributed by atoms with Crippen LogP contribution >= 0.6 is 0 Å². The van der Waals surface area contributed by atoms with Crippen LogP contribution in [0.5, 0.6) is 5.75 Å². The number of fused-ring (bicyclic) bond motifs is 1. The molecule has 0 radical (unpaired) electrons. The van der Waals surface area contributed by atoms with E-state index in [1.54, 1.807) is 39.7 Å². The SMILES string of the molecule is C=C(F)/C(=C\C=C/CC(OC)C1(C)CNc2ncc(OC)cc21)OCCOC.